The molecule has 3 rings (SSSR count). The summed E-state index contributed by atoms with van der Waals surface area (Å²) in [5.41, 5.74) is 0.985. The van der Waals surface area contributed by atoms with Crippen LogP contribution in [0.2, 0.25) is 0 Å². The van der Waals surface area contributed by atoms with Gasteiger partial charge in [0.2, 0.25) is 5.91 Å². The molecule has 3 amide bonds. The molecule has 27 heavy (non-hydrogen) atoms. The molecule has 7 heteroatoms. The average molecular weight is 375 g/mol. The number of imide groups is 1. The number of nitrogens with zero attached hydrogens (tertiary/aromatic N) is 1. The van der Waals surface area contributed by atoms with Gasteiger partial charge in [0.1, 0.15) is 0 Å². The van der Waals surface area contributed by atoms with Crippen molar-refractivity contribution in [3.63, 3.8) is 0 Å². The fourth-order valence-electron chi connectivity index (χ4n) is 3.55. The van der Waals surface area contributed by atoms with E-state index in [1.54, 1.807) is 0 Å². The van der Waals surface area contributed by atoms with Gasteiger partial charge in [0.25, 0.3) is 0 Å². The molecule has 0 saturated carbocycles. The Hall–Kier alpha value is -1.96. The summed E-state index contributed by atoms with van der Waals surface area (Å²) in [7, 11) is 0. The lowest BCUT2D eigenvalue weighted by Crippen LogP contribution is -2.47. The van der Waals surface area contributed by atoms with Crippen molar-refractivity contribution in [3.8, 4) is 0 Å². The van der Waals surface area contributed by atoms with Crippen molar-refractivity contribution in [2.75, 3.05) is 32.8 Å². The molecule has 148 valence electrons. The highest BCUT2D eigenvalue weighted by Crippen LogP contribution is 2.17. The average Bonchev–Trinajstić information content (AvgIpc) is 3.35. The molecule has 2 heterocycles. The standard InChI is InChI=1S/C20H29N3O4/c24-19(22-20(25)21-12-16-6-2-1-3-7-16)15-23(13-17-8-4-10-26-17)14-18-9-5-11-27-18/h1-3,6-7,17-18H,4-5,8-15H2,(H2,21,22,24,25)/t17-,18-/m1/s1. The zero-order valence-corrected chi connectivity index (χ0v) is 15.7. The number of urea groups is 1. The van der Waals surface area contributed by atoms with E-state index in [4.69, 9.17) is 9.47 Å². The number of hydrogen-bond acceptors (Lipinski definition) is 5. The van der Waals surface area contributed by atoms with Crippen LogP contribution in [0.25, 0.3) is 0 Å². The second kappa shape index (κ2) is 10.4. The Kier molecular flexibility index (Phi) is 7.62. The van der Waals surface area contributed by atoms with Gasteiger partial charge in [-0.25, -0.2) is 4.79 Å². The van der Waals surface area contributed by atoms with Gasteiger partial charge in [-0.05, 0) is 31.2 Å². The molecule has 1 aromatic carbocycles. The Labute approximate surface area is 160 Å². The van der Waals surface area contributed by atoms with E-state index in [2.05, 4.69) is 10.6 Å². The van der Waals surface area contributed by atoms with Crippen molar-refractivity contribution in [2.24, 2.45) is 0 Å². The lowest BCUT2D eigenvalue weighted by molar-refractivity contribution is -0.121. The molecule has 0 spiro atoms. The summed E-state index contributed by atoms with van der Waals surface area (Å²) in [5.74, 6) is -0.309. The summed E-state index contributed by atoms with van der Waals surface area (Å²) < 4.78 is 11.4. The van der Waals surface area contributed by atoms with Gasteiger partial charge < -0.3 is 14.8 Å². The monoisotopic (exact) mass is 375 g/mol. The first kappa shape index (κ1) is 19.8. The third-order valence-electron chi connectivity index (χ3n) is 4.89. The van der Waals surface area contributed by atoms with E-state index in [-0.39, 0.29) is 24.7 Å². The molecule has 2 aliphatic heterocycles. The molecule has 2 fully saturated rings. The first-order chi connectivity index (χ1) is 13.2. The van der Waals surface area contributed by atoms with E-state index < -0.39 is 6.03 Å². The fraction of sp³-hybridized carbons (Fsp3) is 0.600. The minimum absolute atomic E-state index is 0.158. The molecule has 2 atom stereocenters. The molecule has 0 unspecified atom stereocenters. The van der Waals surface area contributed by atoms with E-state index in [1.807, 2.05) is 35.2 Å². The molecule has 0 radical (unpaired) electrons. The van der Waals surface area contributed by atoms with Crippen LogP contribution in [0.5, 0.6) is 0 Å². The van der Waals surface area contributed by atoms with Crippen molar-refractivity contribution in [2.45, 2.75) is 44.4 Å². The van der Waals surface area contributed by atoms with Crippen molar-refractivity contribution in [1.82, 2.24) is 15.5 Å². The zero-order chi connectivity index (χ0) is 18.9. The molecule has 0 aliphatic carbocycles. The van der Waals surface area contributed by atoms with Crippen LogP contribution in [-0.2, 0) is 20.8 Å². The Morgan fingerprint density at radius 3 is 2.19 bits per heavy atom. The third kappa shape index (κ3) is 6.93. The largest absolute Gasteiger partial charge is 0.377 e. The van der Waals surface area contributed by atoms with Gasteiger partial charge in [0, 0.05) is 32.8 Å². The second-order valence-electron chi connectivity index (χ2n) is 7.18. The van der Waals surface area contributed by atoms with E-state index in [0.717, 1.165) is 44.5 Å². The molecule has 7 nitrogen and oxygen atoms in total. The lowest BCUT2D eigenvalue weighted by atomic mass is 10.2. The number of ether oxygens (including phenoxy) is 2. The first-order valence-electron chi connectivity index (χ1n) is 9.76. The zero-order valence-electron chi connectivity index (χ0n) is 15.7. The van der Waals surface area contributed by atoms with E-state index >= 15 is 0 Å². The summed E-state index contributed by atoms with van der Waals surface area (Å²) in [6.45, 7) is 3.50. The highest BCUT2D eigenvalue weighted by Gasteiger charge is 2.25. The van der Waals surface area contributed by atoms with Crippen LogP contribution in [0.15, 0.2) is 30.3 Å². The second-order valence-corrected chi connectivity index (χ2v) is 7.18. The number of amides is 3. The molecule has 2 aliphatic rings. The maximum absolute atomic E-state index is 12.3. The van der Waals surface area contributed by atoms with Gasteiger partial charge in [-0.2, -0.15) is 0 Å². The molecule has 2 saturated heterocycles. The van der Waals surface area contributed by atoms with Crippen LogP contribution < -0.4 is 10.6 Å². The predicted octanol–water partition coefficient (Wildman–Crippen LogP) is 1.67. The fourth-order valence-corrected chi connectivity index (χ4v) is 3.55. The van der Waals surface area contributed by atoms with Crippen molar-refractivity contribution < 1.29 is 19.1 Å². The highest BCUT2D eigenvalue weighted by atomic mass is 16.5. The Bertz CT molecular complexity index is 581. The number of carbonyl (C=O) groups excluding carboxylic acids is 2. The van der Waals surface area contributed by atoms with E-state index in [9.17, 15) is 9.59 Å². The third-order valence-corrected chi connectivity index (χ3v) is 4.89. The maximum Gasteiger partial charge on any atom is 0.321 e. The molecule has 0 aromatic heterocycles. The van der Waals surface area contributed by atoms with E-state index in [0.29, 0.717) is 19.6 Å². The predicted molar refractivity (Wildman–Crippen MR) is 101 cm³/mol. The van der Waals surface area contributed by atoms with Gasteiger partial charge in [-0.1, -0.05) is 30.3 Å². The molecular formula is C20H29N3O4. The maximum atomic E-state index is 12.3. The minimum Gasteiger partial charge on any atom is -0.377 e. The van der Waals surface area contributed by atoms with Gasteiger partial charge >= 0.3 is 6.03 Å². The molecule has 1 aromatic rings. The number of rotatable bonds is 8. The summed E-state index contributed by atoms with van der Waals surface area (Å²) >= 11 is 0. The van der Waals surface area contributed by atoms with Crippen LogP contribution in [0.3, 0.4) is 0 Å². The summed E-state index contributed by atoms with van der Waals surface area (Å²) in [4.78, 5) is 26.4. The summed E-state index contributed by atoms with van der Waals surface area (Å²) in [6, 6.07) is 9.12. The van der Waals surface area contributed by atoms with Crippen LogP contribution >= 0.6 is 0 Å². The lowest BCUT2D eigenvalue weighted by Gasteiger charge is -2.26. The van der Waals surface area contributed by atoms with Crippen LogP contribution in [0.1, 0.15) is 31.2 Å². The van der Waals surface area contributed by atoms with Crippen LogP contribution in [0.4, 0.5) is 4.79 Å². The Morgan fingerprint density at radius 1 is 1.00 bits per heavy atom. The van der Waals surface area contributed by atoms with Gasteiger partial charge in [0.15, 0.2) is 0 Å². The quantitative estimate of drug-likeness (QED) is 0.723. The van der Waals surface area contributed by atoms with Gasteiger partial charge in [-0.3, -0.25) is 15.0 Å². The first-order valence-corrected chi connectivity index (χ1v) is 9.76. The van der Waals surface area contributed by atoms with E-state index in [1.165, 1.54) is 0 Å². The van der Waals surface area contributed by atoms with Crippen LogP contribution in [-0.4, -0.2) is 61.9 Å². The van der Waals surface area contributed by atoms with Crippen molar-refractivity contribution >= 4 is 11.9 Å². The SMILES string of the molecule is O=C(CN(C[C@H]1CCCO1)C[C@H]1CCCO1)NC(=O)NCc1ccccc1. The minimum atomic E-state index is -0.474. The molecular weight excluding hydrogens is 346 g/mol. The molecule has 2 N–H and O–H groups in total. The number of benzene rings is 1. The normalized spacial score (nSPS) is 22.1. The number of carbonyl (C=O) groups is 2. The topological polar surface area (TPSA) is 79.9 Å². The van der Waals surface area contributed by atoms with Crippen molar-refractivity contribution in [3.05, 3.63) is 35.9 Å². The number of nitrogens with one attached hydrogen (secondary N) is 2. The highest BCUT2D eigenvalue weighted by molar-refractivity contribution is 5.95. The van der Waals surface area contributed by atoms with Crippen molar-refractivity contribution in [1.29, 1.82) is 0 Å². The Morgan fingerprint density at radius 2 is 1.63 bits per heavy atom. The smallest absolute Gasteiger partial charge is 0.321 e. The summed E-state index contributed by atoms with van der Waals surface area (Å²) in [6.07, 6.45) is 4.47. The van der Waals surface area contributed by atoms with Crippen LogP contribution in [0, 0.1) is 0 Å². The van der Waals surface area contributed by atoms with Gasteiger partial charge in [-0.15, -0.1) is 0 Å². The Balaban J connectivity index is 1.44. The van der Waals surface area contributed by atoms with Gasteiger partial charge in [0.05, 0.1) is 18.8 Å². The summed E-state index contributed by atoms with van der Waals surface area (Å²) in [5, 5.41) is 5.13. The molecule has 0 bridgehead atoms. The number of hydrogen-bond donors (Lipinski definition) is 2.